The number of likely N-dealkylation sites (tertiary alicyclic amines) is 1. The molecule has 0 amide bonds. The van der Waals surface area contributed by atoms with Gasteiger partial charge < -0.3 is 10.2 Å². The van der Waals surface area contributed by atoms with Gasteiger partial charge in [0.2, 0.25) is 5.96 Å². The molecule has 4 N–H and O–H groups in total. The Morgan fingerprint density at radius 3 is 2.67 bits per heavy atom. The lowest BCUT2D eigenvalue weighted by atomic mass is 9.94. The molecule has 1 rings (SSSR count). The van der Waals surface area contributed by atoms with Crippen LogP contribution in [0.1, 0.15) is 19.3 Å². The molecular weight excluding hydrogens is 190 g/mol. The van der Waals surface area contributed by atoms with Gasteiger partial charge in [0.25, 0.3) is 0 Å². The molecule has 0 aliphatic carbocycles. The van der Waals surface area contributed by atoms with E-state index in [1.807, 2.05) is 0 Å². The number of hydrogen-bond acceptors (Lipinski definition) is 3. The summed E-state index contributed by atoms with van der Waals surface area (Å²) in [5.41, 5.74) is 2.53. The second kappa shape index (κ2) is 6.63. The van der Waals surface area contributed by atoms with Crippen molar-refractivity contribution in [1.82, 2.24) is 15.6 Å². The number of aliphatic imine (C=N–C) groups is 1. The lowest BCUT2D eigenvalue weighted by molar-refractivity contribution is 0.213. The van der Waals surface area contributed by atoms with Gasteiger partial charge in [0, 0.05) is 13.6 Å². The molecule has 0 spiro atoms. The number of hydrogen-bond donors (Lipinski definition) is 3. The van der Waals surface area contributed by atoms with E-state index in [-0.39, 0.29) is 0 Å². The summed E-state index contributed by atoms with van der Waals surface area (Å²) in [6, 6.07) is 0. The summed E-state index contributed by atoms with van der Waals surface area (Å²) in [6.07, 6.45) is 3.83. The van der Waals surface area contributed by atoms with Crippen LogP contribution in [0, 0.1) is 5.92 Å². The van der Waals surface area contributed by atoms with Crippen molar-refractivity contribution < 1.29 is 0 Å². The van der Waals surface area contributed by atoms with Gasteiger partial charge in [0.1, 0.15) is 0 Å². The summed E-state index contributed by atoms with van der Waals surface area (Å²) in [6.45, 7) is 3.41. The van der Waals surface area contributed by atoms with E-state index in [0.717, 1.165) is 12.5 Å². The molecule has 0 aromatic heterocycles. The fourth-order valence-electron chi connectivity index (χ4n) is 1.94. The molecule has 0 radical (unpaired) electrons. The van der Waals surface area contributed by atoms with Crippen LogP contribution in [0.3, 0.4) is 0 Å². The highest BCUT2D eigenvalue weighted by molar-refractivity contribution is 5.78. The minimum absolute atomic E-state index is 0.669. The molecule has 1 fully saturated rings. The Hall–Kier alpha value is -0.810. The molecule has 1 heterocycles. The third-order valence-corrected chi connectivity index (χ3v) is 3.04. The zero-order valence-corrected chi connectivity index (χ0v) is 9.79. The first-order valence-corrected chi connectivity index (χ1v) is 5.62. The Kier molecular flexibility index (Phi) is 5.42. The molecule has 88 valence electrons. The van der Waals surface area contributed by atoms with Gasteiger partial charge in [0.05, 0.1) is 0 Å². The molecule has 0 aromatic rings. The number of rotatable bonds is 3. The average Bonchev–Trinajstić information content (AvgIpc) is 2.27. The maximum absolute atomic E-state index is 5.27. The van der Waals surface area contributed by atoms with Crippen LogP contribution >= 0.6 is 0 Å². The van der Waals surface area contributed by atoms with Crippen LogP contribution in [0.5, 0.6) is 0 Å². The number of nitrogens with one attached hydrogen (secondary N) is 2. The van der Waals surface area contributed by atoms with Crippen molar-refractivity contribution in [3.05, 3.63) is 0 Å². The third-order valence-electron chi connectivity index (χ3n) is 3.04. The van der Waals surface area contributed by atoms with Crippen molar-refractivity contribution in [3.63, 3.8) is 0 Å². The van der Waals surface area contributed by atoms with Crippen LogP contribution in [-0.4, -0.2) is 44.6 Å². The normalized spacial score (nSPS) is 20.3. The van der Waals surface area contributed by atoms with Crippen molar-refractivity contribution >= 4 is 5.96 Å². The van der Waals surface area contributed by atoms with Gasteiger partial charge >= 0.3 is 0 Å². The topological polar surface area (TPSA) is 65.7 Å². The first-order chi connectivity index (χ1) is 7.26. The van der Waals surface area contributed by atoms with Crippen LogP contribution in [0.2, 0.25) is 0 Å². The number of hydrazine groups is 1. The van der Waals surface area contributed by atoms with Gasteiger partial charge in [-0.3, -0.25) is 10.4 Å². The second-order valence-corrected chi connectivity index (χ2v) is 4.18. The van der Waals surface area contributed by atoms with E-state index in [9.17, 15) is 0 Å². The molecule has 1 saturated heterocycles. The summed E-state index contributed by atoms with van der Waals surface area (Å²) < 4.78 is 0. The van der Waals surface area contributed by atoms with Crippen molar-refractivity contribution in [1.29, 1.82) is 0 Å². The average molecular weight is 213 g/mol. The van der Waals surface area contributed by atoms with Gasteiger partial charge in [0.15, 0.2) is 0 Å². The van der Waals surface area contributed by atoms with Crippen molar-refractivity contribution in [2.75, 3.05) is 33.7 Å². The lowest BCUT2D eigenvalue weighted by Gasteiger charge is -2.28. The number of nitrogens with two attached hydrogens (primary N) is 1. The highest BCUT2D eigenvalue weighted by atomic mass is 15.3. The van der Waals surface area contributed by atoms with Crippen molar-refractivity contribution in [2.24, 2.45) is 16.8 Å². The standard InChI is InChI=1S/C10H23N5/c1-12-10(14-11)13-6-3-9-4-7-15(2)8-5-9/h9H,3-8,11H2,1-2H3,(H2,12,13,14). The fraction of sp³-hybridized carbons (Fsp3) is 0.900. The van der Waals surface area contributed by atoms with E-state index >= 15 is 0 Å². The van der Waals surface area contributed by atoms with Gasteiger partial charge in [-0.15, -0.1) is 0 Å². The zero-order chi connectivity index (χ0) is 11.1. The molecule has 5 nitrogen and oxygen atoms in total. The number of piperidine rings is 1. The number of nitrogens with zero attached hydrogens (tertiary/aromatic N) is 2. The quantitative estimate of drug-likeness (QED) is 0.262. The lowest BCUT2D eigenvalue weighted by Crippen LogP contribution is -2.42. The molecule has 0 saturated carbocycles. The van der Waals surface area contributed by atoms with E-state index in [4.69, 9.17) is 5.84 Å². The summed E-state index contributed by atoms with van der Waals surface area (Å²) in [4.78, 5) is 6.36. The maximum atomic E-state index is 5.27. The summed E-state index contributed by atoms with van der Waals surface area (Å²) >= 11 is 0. The Morgan fingerprint density at radius 2 is 2.13 bits per heavy atom. The van der Waals surface area contributed by atoms with Gasteiger partial charge in [-0.25, -0.2) is 5.84 Å². The molecule has 0 unspecified atom stereocenters. The number of guanidine groups is 1. The van der Waals surface area contributed by atoms with Gasteiger partial charge in [-0.2, -0.15) is 0 Å². The zero-order valence-electron chi connectivity index (χ0n) is 9.79. The summed E-state index contributed by atoms with van der Waals surface area (Å²) in [5.74, 6) is 6.79. The fourth-order valence-corrected chi connectivity index (χ4v) is 1.94. The summed E-state index contributed by atoms with van der Waals surface area (Å²) in [5, 5.41) is 3.18. The van der Waals surface area contributed by atoms with E-state index in [2.05, 4.69) is 27.7 Å². The van der Waals surface area contributed by atoms with Crippen molar-refractivity contribution in [3.8, 4) is 0 Å². The molecule has 5 heteroatoms. The van der Waals surface area contributed by atoms with Crippen molar-refractivity contribution in [2.45, 2.75) is 19.3 Å². The Labute approximate surface area is 92.1 Å². The smallest absolute Gasteiger partial charge is 0.205 e. The van der Waals surface area contributed by atoms with E-state index < -0.39 is 0 Å². The minimum Gasteiger partial charge on any atom is -0.355 e. The Bertz CT molecular complexity index is 196. The SMILES string of the molecule is CN=C(NN)NCCC1CCN(C)CC1. The van der Waals surface area contributed by atoms with Crippen LogP contribution in [0.4, 0.5) is 0 Å². The first kappa shape index (κ1) is 12.3. The molecule has 0 aromatic carbocycles. The highest BCUT2D eigenvalue weighted by Crippen LogP contribution is 2.18. The maximum Gasteiger partial charge on any atom is 0.205 e. The molecule has 1 aliphatic rings. The van der Waals surface area contributed by atoms with Crippen LogP contribution in [0.15, 0.2) is 4.99 Å². The van der Waals surface area contributed by atoms with Gasteiger partial charge in [-0.1, -0.05) is 0 Å². The van der Waals surface area contributed by atoms with Crippen LogP contribution in [-0.2, 0) is 0 Å². The molecule has 0 bridgehead atoms. The second-order valence-electron chi connectivity index (χ2n) is 4.18. The van der Waals surface area contributed by atoms with E-state index in [1.54, 1.807) is 7.05 Å². The van der Waals surface area contributed by atoms with E-state index in [1.165, 1.54) is 32.4 Å². The first-order valence-electron chi connectivity index (χ1n) is 5.62. The van der Waals surface area contributed by atoms with Gasteiger partial charge in [-0.05, 0) is 45.3 Å². The van der Waals surface area contributed by atoms with Crippen LogP contribution < -0.4 is 16.6 Å². The monoisotopic (exact) mass is 213 g/mol. The minimum atomic E-state index is 0.669. The predicted octanol–water partition coefficient (Wildman–Crippen LogP) is -0.243. The molecule has 15 heavy (non-hydrogen) atoms. The summed E-state index contributed by atoms with van der Waals surface area (Å²) in [7, 11) is 3.91. The molecular formula is C10H23N5. The Morgan fingerprint density at radius 1 is 1.47 bits per heavy atom. The van der Waals surface area contributed by atoms with E-state index in [0.29, 0.717) is 5.96 Å². The molecule has 1 aliphatic heterocycles. The third kappa shape index (κ3) is 4.48. The Balaban J connectivity index is 2.10. The van der Waals surface area contributed by atoms with Crippen LogP contribution in [0.25, 0.3) is 0 Å². The largest absolute Gasteiger partial charge is 0.355 e. The predicted molar refractivity (Wildman–Crippen MR) is 63.5 cm³/mol. The molecule has 0 atom stereocenters. The highest BCUT2D eigenvalue weighted by Gasteiger charge is 2.15.